The minimum absolute atomic E-state index is 0.00438. The SMILES string of the molecule is O=S(=O)(Cc1cccc2cccnc12)N1CC2C3C=CC(O3)C2C1. The zero-order valence-electron chi connectivity index (χ0n) is 13.1. The number of nitrogens with zero attached hydrogens (tertiary/aromatic N) is 2. The number of hydrogen-bond acceptors (Lipinski definition) is 4. The van der Waals surface area contributed by atoms with Crippen molar-refractivity contribution >= 4 is 20.9 Å². The molecule has 24 heavy (non-hydrogen) atoms. The third-order valence-electron chi connectivity index (χ3n) is 5.48. The zero-order chi connectivity index (χ0) is 16.3. The van der Waals surface area contributed by atoms with Crippen LogP contribution in [0.3, 0.4) is 0 Å². The van der Waals surface area contributed by atoms with Gasteiger partial charge in [-0.15, -0.1) is 0 Å². The number of aromatic nitrogens is 1. The van der Waals surface area contributed by atoms with Gasteiger partial charge in [0.15, 0.2) is 0 Å². The van der Waals surface area contributed by atoms with E-state index in [4.69, 9.17) is 4.74 Å². The monoisotopic (exact) mass is 342 g/mol. The summed E-state index contributed by atoms with van der Waals surface area (Å²) in [5.41, 5.74) is 1.54. The topological polar surface area (TPSA) is 59.5 Å². The molecule has 2 saturated heterocycles. The van der Waals surface area contributed by atoms with Gasteiger partial charge in [0, 0.05) is 36.5 Å². The van der Waals surface area contributed by atoms with Crippen molar-refractivity contribution in [3.63, 3.8) is 0 Å². The molecule has 3 aliphatic heterocycles. The lowest BCUT2D eigenvalue weighted by atomic mass is 9.86. The number of hydrogen-bond donors (Lipinski definition) is 0. The van der Waals surface area contributed by atoms with Crippen molar-refractivity contribution < 1.29 is 13.2 Å². The van der Waals surface area contributed by atoms with E-state index in [1.165, 1.54) is 0 Å². The van der Waals surface area contributed by atoms with Crippen LogP contribution in [0.15, 0.2) is 48.7 Å². The van der Waals surface area contributed by atoms with Crippen LogP contribution in [0.25, 0.3) is 10.9 Å². The molecule has 2 bridgehead atoms. The number of benzene rings is 1. The Morgan fingerprint density at radius 2 is 1.79 bits per heavy atom. The van der Waals surface area contributed by atoms with E-state index in [-0.39, 0.29) is 18.0 Å². The summed E-state index contributed by atoms with van der Waals surface area (Å²) in [4.78, 5) is 4.37. The molecule has 2 fully saturated rings. The Morgan fingerprint density at radius 3 is 2.54 bits per heavy atom. The van der Waals surface area contributed by atoms with E-state index >= 15 is 0 Å². The van der Waals surface area contributed by atoms with Gasteiger partial charge in [-0.1, -0.05) is 36.4 Å². The fourth-order valence-electron chi connectivity index (χ4n) is 4.29. The van der Waals surface area contributed by atoms with Crippen LogP contribution in [0.2, 0.25) is 0 Å². The van der Waals surface area contributed by atoms with Gasteiger partial charge in [-0.05, 0) is 11.6 Å². The number of sulfonamides is 1. The van der Waals surface area contributed by atoms with Gasteiger partial charge in [-0.2, -0.15) is 0 Å². The van der Waals surface area contributed by atoms with Crippen LogP contribution in [-0.4, -0.2) is 43.0 Å². The lowest BCUT2D eigenvalue weighted by Gasteiger charge is -2.19. The van der Waals surface area contributed by atoms with Gasteiger partial charge in [0.05, 0.1) is 23.5 Å². The first-order chi connectivity index (χ1) is 11.6. The van der Waals surface area contributed by atoms with Gasteiger partial charge < -0.3 is 4.74 Å². The van der Waals surface area contributed by atoms with Crippen LogP contribution in [0.4, 0.5) is 0 Å². The Bertz CT molecular complexity index is 915. The molecule has 5 nitrogen and oxygen atoms in total. The lowest BCUT2D eigenvalue weighted by molar-refractivity contribution is 0.0929. The van der Waals surface area contributed by atoms with Gasteiger partial charge >= 0.3 is 0 Å². The van der Waals surface area contributed by atoms with Crippen molar-refractivity contribution in [2.45, 2.75) is 18.0 Å². The molecule has 5 rings (SSSR count). The summed E-state index contributed by atoms with van der Waals surface area (Å²) in [6.07, 6.45) is 6.06. The second-order valence-corrected chi connectivity index (χ2v) is 8.81. The van der Waals surface area contributed by atoms with Crippen LogP contribution in [0.1, 0.15) is 5.56 Å². The first-order valence-corrected chi connectivity index (χ1v) is 9.87. The molecule has 4 heterocycles. The van der Waals surface area contributed by atoms with Crippen molar-refractivity contribution in [1.82, 2.24) is 9.29 Å². The molecule has 0 spiro atoms. The minimum Gasteiger partial charge on any atom is -0.366 e. The standard InChI is InChI=1S/C18H18N2O3S/c21-24(22,11-13-4-1-3-12-5-2-8-19-18(12)13)20-9-14-15(10-20)17-7-6-16(14)23-17/h1-8,14-17H,9-11H2. The Labute approximate surface area is 141 Å². The fourth-order valence-corrected chi connectivity index (χ4v) is 5.89. The molecule has 2 aromatic rings. The summed E-state index contributed by atoms with van der Waals surface area (Å²) in [6, 6.07) is 9.54. The van der Waals surface area contributed by atoms with Crippen molar-refractivity contribution in [3.05, 3.63) is 54.2 Å². The van der Waals surface area contributed by atoms with E-state index in [2.05, 4.69) is 17.1 Å². The van der Waals surface area contributed by atoms with Crippen LogP contribution >= 0.6 is 0 Å². The number of ether oxygens (including phenoxy) is 1. The predicted molar refractivity (Wildman–Crippen MR) is 90.7 cm³/mol. The minimum atomic E-state index is -3.36. The van der Waals surface area contributed by atoms with Crippen molar-refractivity contribution in [2.24, 2.45) is 11.8 Å². The number of rotatable bonds is 3. The van der Waals surface area contributed by atoms with E-state index in [9.17, 15) is 8.42 Å². The lowest BCUT2D eigenvalue weighted by Crippen LogP contribution is -2.32. The number of para-hydroxylation sites is 1. The molecule has 4 unspecified atom stereocenters. The second kappa shape index (κ2) is 5.12. The third-order valence-corrected chi connectivity index (χ3v) is 7.24. The maximum atomic E-state index is 12.9. The van der Waals surface area contributed by atoms with Crippen LogP contribution in [0.5, 0.6) is 0 Å². The number of fused-ring (bicyclic) bond motifs is 6. The highest BCUT2D eigenvalue weighted by Crippen LogP contribution is 2.44. The second-order valence-electron chi connectivity index (χ2n) is 6.84. The molecule has 0 radical (unpaired) electrons. The molecule has 0 aliphatic carbocycles. The molecule has 3 aliphatic rings. The highest BCUT2D eigenvalue weighted by molar-refractivity contribution is 7.88. The van der Waals surface area contributed by atoms with Gasteiger partial charge in [0.25, 0.3) is 0 Å². The summed E-state index contributed by atoms with van der Waals surface area (Å²) >= 11 is 0. The van der Waals surface area contributed by atoms with Crippen molar-refractivity contribution in [3.8, 4) is 0 Å². The zero-order valence-corrected chi connectivity index (χ0v) is 13.9. The quantitative estimate of drug-likeness (QED) is 0.800. The normalized spacial score (nSPS) is 31.8. The molecule has 0 amide bonds. The molecule has 1 aromatic carbocycles. The largest absolute Gasteiger partial charge is 0.366 e. The molecule has 124 valence electrons. The molecule has 0 saturated carbocycles. The maximum absolute atomic E-state index is 12.9. The van der Waals surface area contributed by atoms with Gasteiger partial charge in [0.2, 0.25) is 10.0 Å². The van der Waals surface area contributed by atoms with Crippen LogP contribution in [0, 0.1) is 11.8 Å². The fraction of sp³-hybridized carbons (Fsp3) is 0.389. The Hall–Kier alpha value is -1.76. The highest BCUT2D eigenvalue weighted by atomic mass is 32.2. The molecule has 1 aromatic heterocycles. The smallest absolute Gasteiger partial charge is 0.218 e. The van der Waals surface area contributed by atoms with E-state index < -0.39 is 10.0 Å². The summed E-state index contributed by atoms with van der Waals surface area (Å²) in [7, 11) is -3.36. The average molecular weight is 342 g/mol. The van der Waals surface area contributed by atoms with E-state index in [1.54, 1.807) is 10.5 Å². The summed E-state index contributed by atoms with van der Waals surface area (Å²) < 4.78 is 33.4. The molecular weight excluding hydrogens is 324 g/mol. The summed E-state index contributed by atoms with van der Waals surface area (Å²) in [6.45, 7) is 1.13. The number of pyridine rings is 1. The molecule has 6 heteroatoms. The predicted octanol–water partition coefficient (Wildman–Crippen LogP) is 1.95. The summed E-state index contributed by atoms with van der Waals surface area (Å²) in [5, 5.41) is 0.971. The van der Waals surface area contributed by atoms with E-state index in [0.29, 0.717) is 24.9 Å². The first-order valence-electron chi connectivity index (χ1n) is 8.26. The van der Waals surface area contributed by atoms with Crippen LogP contribution in [-0.2, 0) is 20.5 Å². The van der Waals surface area contributed by atoms with Crippen LogP contribution < -0.4 is 0 Å². The van der Waals surface area contributed by atoms with Crippen molar-refractivity contribution in [1.29, 1.82) is 0 Å². The van der Waals surface area contributed by atoms with Gasteiger partial charge in [-0.3, -0.25) is 4.98 Å². The highest BCUT2D eigenvalue weighted by Gasteiger charge is 2.52. The average Bonchev–Trinajstić information content (AvgIpc) is 3.28. The van der Waals surface area contributed by atoms with Gasteiger partial charge in [-0.25, -0.2) is 12.7 Å². The van der Waals surface area contributed by atoms with Gasteiger partial charge in [0.1, 0.15) is 0 Å². The summed E-state index contributed by atoms with van der Waals surface area (Å²) in [5.74, 6) is 0.616. The molecule has 0 N–H and O–H groups in total. The van der Waals surface area contributed by atoms with Crippen molar-refractivity contribution in [2.75, 3.05) is 13.1 Å². The Morgan fingerprint density at radius 1 is 1.08 bits per heavy atom. The third kappa shape index (κ3) is 2.13. The van der Waals surface area contributed by atoms with E-state index in [0.717, 1.165) is 16.5 Å². The Kier molecular flexibility index (Phi) is 3.11. The van der Waals surface area contributed by atoms with E-state index in [1.807, 2.05) is 30.3 Å². The molecule has 4 atom stereocenters. The first kappa shape index (κ1) is 14.6. The maximum Gasteiger partial charge on any atom is 0.218 e. The Balaban J connectivity index is 1.43. The molecular formula is C18H18N2O3S.